The van der Waals surface area contributed by atoms with E-state index in [1.54, 1.807) is 12.1 Å². The van der Waals surface area contributed by atoms with Gasteiger partial charge >= 0.3 is 0 Å². The molecule has 96 valence electrons. The second-order valence-corrected chi connectivity index (χ2v) is 5.47. The Morgan fingerprint density at radius 1 is 1.11 bits per heavy atom. The Bertz CT molecular complexity index is 566. The lowest BCUT2D eigenvalue weighted by atomic mass is 10.0. The first-order valence-electron chi connectivity index (χ1n) is 5.51. The molecule has 2 aromatic rings. The second-order valence-electron chi connectivity index (χ2n) is 4.15. The lowest BCUT2D eigenvalue weighted by Crippen LogP contribution is -2.29. The van der Waals surface area contributed by atoms with Crippen LogP contribution in [-0.4, -0.2) is 0 Å². The monoisotopic (exact) mass is 268 g/mol. The van der Waals surface area contributed by atoms with Crippen LogP contribution >= 0.6 is 11.3 Å². The molecule has 1 heterocycles. The topological polar surface area (TPSA) is 38.0 Å². The Kier molecular flexibility index (Phi) is 3.75. The van der Waals surface area contributed by atoms with Crippen LogP contribution in [0, 0.1) is 25.5 Å². The van der Waals surface area contributed by atoms with Crippen molar-refractivity contribution in [2.24, 2.45) is 5.84 Å². The molecule has 0 aliphatic rings. The minimum Gasteiger partial charge on any atom is -0.271 e. The molecule has 0 saturated heterocycles. The van der Waals surface area contributed by atoms with Gasteiger partial charge in [-0.25, -0.2) is 14.2 Å². The zero-order valence-electron chi connectivity index (χ0n) is 10.1. The van der Waals surface area contributed by atoms with Crippen LogP contribution in [0.4, 0.5) is 8.78 Å². The van der Waals surface area contributed by atoms with Crippen LogP contribution < -0.4 is 11.3 Å². The first-order chi connectivity index (χ1) is 8.54. The van der Waals surface area contributed by atoms with E-state index in [1.807, 2.05) is 19.1 Å². The molecule has 0 amide bonds. The van der Waals surface area contributed by atoms with Gasteiger partial charge in [-0.05, 0) is 31.5 Å². The van der Waals surface area contributed by atoms with Crippen LogP contribution in [0.15, 0.2) is 24.3 Å². The van der Waals surface area contributed by atoms with Gasteiger partial charge in [0.2, 0.25) is 0 Å². The van der Waals surface area contributed by atoms with E-state index < -0.39 is 17.7 Å². The number of hydrogen-bond donors (Lipinski definition) is 2. The number of halogens is 2. The van der Waals surface area contributed by atoms with Crippen LogP contribution in [0.5, 0.6) is 0 Å². The molecule has 0 radical (unpaired) electrons. The maximum absolute atomic E-state index is 13.9. The van der Waals surface area contributed by atoms with Gasteiger partial charge in [0.1, 0.15) is 0 Å². The second kappa shape index (κ2) is 5.14. The molecule has 5 heteroatoms. The molecule has 18 heavy (non-hydrogen) atoms. The van der Waals surface area contributed by atoms with E-state index in [0.717, 1.165) is 9.75 Å². The van der Waals surface area contributed by atoms with Gasteiger partial charge in [0.05, 0.1) is 6.04 Å². The normalized spacial score (nSPS) is 12.7. The molecule has 1 aromatic heterocycles. The third-order valence-corrected chi connectivity index (χ3v) is 3.89. The van der Waals surface area contributed by atoms with Gasteiger partial charge in [0.25, 0.3) is 0 Å². The third-order valence-electron chi connectivity index (χ3n) is 2.83. The van der Waals surface area contributed by atoms with E-state index in [1.165, 1.54) is 18.3 Å². The highest BCUT2D eigenvalue weighted by Gasteiger charge is 2.21. The Balaban J connectivity index is 2.49. The van der Waals surface area contributed by atoms with Crippen molar-refractivity contribution in [2.45, 2.75) is 19.9 Å². The average molecular weight is 268 g/mol. The largest absolute Gasteiger partial charge is 0.271 e. The number of nitrogens with one attached hydrogen (secondary N) is 1. The van der Waals surface area contributed by atoms with Gasteiger partial charge in [0.15, 0.2) is 11.6 Å². The number of hydrazine groups is 1. The molecule has 0 spiro atoms. The van der Waals surface area contributed by atoms with Gasteiger partial charge in [-0.3, -0.25) is 5.84 Å². The van der Waals surface area contributed by atoms with Crippen LogP contribution in [-0.2, 0) is 0 Å². The highest BCUT2D eigenvalue weighted by Crippen LogP contribution is 2.30. The quantitative estimate of drug-likeness (QED) is 0.662. The maximum Gasteiger partial charge on any atom is 0.164 e. The highest BCUT2D eigenvalue weighted by molar-refractivity contribution is 7.12. The van der Waals surface area contributed by atoms with Gasteiger partial charge in [0, 0.05) is 15.3 Å². The standard InChI is InChI=1S/C13H14F2N2S/c1-7-3-5-9(12(15)11(7)14)13(17-16)10-6-4-8(2)18-10/h3-6,13,17H,16H2,1-2H3. The molecule has 0 aliphatic heterocycles. The lowest BCUT2D eigenvalue weighted by molar-refractivity contribution is 0.480. The van der Waals surface area contributed by atoms with Crippen LogP contribution in [0.3, 0.4) is 0 Å². The van der Waals surface area contributed by atoms with E-state index >= 15 is 0 Å². The van der Waals surface area contributed by atoms with Crippen molar-refractivity contribution in [3.05, 3.63) is 56.8 Å². The zero-order chi connectivity index (χ0) is 13.3. The third kappa shape index (κ3) is 2.29. The predicted octanol–water partition coefficient (Wildman–Crippen LogP) is 3.20. The molecular formula is C13H14F2N2S. The Labute approximate surface area is 108 Å². The smallest absolute Gasteiger partial charge is 0.164 e. The summed E-state index contributed by atoms with van der Waals surface area (Å²) in [5, 5.41) is 0. The summed E-state index contributed by atoms with van der Waals surface area (Å²) in [6.07, 6.45) is 0. The summed E-state index contributed by atoms with van der Waals surface area (Å²) in [6.45, 7) is 3.48. The summed E-state index contributed by atoms with van der Waals surface area (Å²) in [4.78, 5) is 1.95. The Hall–Kier alpha value is -1.30. The van der Waals surface area contributed by atoms with E-state index in [9.17, 15) is 8.78 Å². The molecule has 0 saturated carbocycles. The number of aryl methyl sites for hydroxylation is 2. The number of rotatable bonds is 3. The van der Waals surface area contributed by atoms with Crippen molar-refractivity contribution >= 4 is 11.3 Å². The summed E-state index contributed by atoms with van der Waals surface area (Å²) in [6, 6.07) is 6.37. The predicted molar refractivity (Wildman–Crippen MR) is 69.3 cm³/mol. The van der Waals surface area contributed by atoms with Crippen LogP contribution in [0.1, 0.15) is 26.9 Å². The first kappa shape index (κ1) is 13.1. The van der Waals surface area contributed by atoms with Crippen molar-refractivity contribution in [3.8, 4) is 0 Å². The van der Waals surface area contributed by atoms with E-state index in [2.05, 4.69) is 5.43 Å². The number of benzene rings is 1. The summed E-state index contributed by atoms with van der Waals surface area (Å²) in [5.41, 5.74) is 3.05. The fraction of sp³-hybridized carbons (Fsp3) is 0.231. The molecule has 0 bridgehead atoms. The Morgan fingerprint density at radius 2 is 1.83 bits per heavy atom. The van der Waals surface area contributed by atoms with Gasteiger partial charge in [-0.2, -0.15) is 0 Å². The highest BCUT2D eigenvalue weighted by atomic mass is 32.1. The fourth-order valence-corrected chi connectivity index (χ4v) is 2.77. The van der Waals surface area contributed by atoms with Crippen molar-refractivity contribution < 1.29 is 8.78 Å². The minimum absolute atomic E-state index is 0.224. The summed E-state index contributed by atoms with van der Waals surface area (Å²) in [5.74, 6) is 3.81. The summed E-state index contributed by atoms with van der Waals surface area (Å²) in [7, 11) is 0. The van der Waals surface area contributed by atoms with Gasteiger partial charge in [-0.15, -0.1) is 11.3 Å². The molecule has 2 nitrogen and oxygen atoms in total. The number of nitrogens with two attached hydrogens (primary N) is 1. The van der Waals surface area contributed by atoms with Crippen molar-refractivity contribution in [1.82, 2.24) is 5.43 Å². The first-order valence-corrected chi connectivity index (χ1v) is 6.33. The van der Waals surface area contributed by atoms with Crippen molar-refractivity contribution in [1.29, 1.82) is 0 Å². The minimum atomic E-state index is -0.844. The molecule has 1 atom stereocenters. The van der Waals surface area contributed by atoms with Crippen molar-refractivity contribution in [3.63, 3.8) is 0 Å². The maximum atomic E-state index is 13.9. The van der Waals surface area contributed by atoms with Gasteiger partial charge < -0.3 is 0 Å². The molecule has 1 unspecified atom stereocenters. The van der Waals surface area contributed by atoms with E-state index in [4.69, 9.17) is 5.84 Å². The van der Waals surface area contributed by atoms with Crippen LogP contribution in [0.2, 0.25) is 0 Å². The molecular weight excluding hydrogens is 254 g/mol. The molecule has 3 N–H and O–H groups in total. The average Bonchev–Trinajstić information content (AvgIpc) is 2.77. The molecule has 2 rings (SSSR count). The summed E-state index contributed by atoms with van der Waals surface area (Å²) < 4.78 is 27.5. The van der Waals surface area contributed by atoms with E-state index in [0.29, 0.717) is 0 Å². The molecule has 1 aromatic carbocycles. The summed E-state index contributed by atoms with van der Waals surface area (Å²) >= 11 is 1.50. The van der Waals surface area contributed by atoms with Crippen molar-refractivity contribution in [2.75, 3.05) is 0 Å². The number of thiophene rings is 1. The number of hydrogen-bond acceptors (Lipinski definition) is 3. The van der Waals surface area contributed by atoms with Crippen LogP contribution in [0.25, 0.3) is 0 Å². The molecule has 0 fully saturated rings. The van der Waals surface area contributed by atoms with Gasteiger partial charge in [-0.1, -0.05) is 12.1 Å². The lowest BCUT2D eigenvalue weighted by Gasteiger charge is -2.16. The molecule has 0 aliphatic carbocycles. The fourth-order valence-electron chi connectivity index (χ4n) is 1.82. The zero-order valence-corrected chi connectivity index (χ0v) is 10.9. The van der Waals surface area contributed by atoms with E-state index in [-0.39, 0.29) is 11.1 Å². The SMILES string of the molecule is Cc1ccc(C(NN)c2ccc(C)c(F)c2F)s1. The Morgan fingerprint density at radius 3 is 2.39 bits per heavy atom.